The van der Waals surface area contributed by atoms with Crippen molar-refractivity contribution in [1.82, 2.24) is 5.32 Å². The zero-order valence-corrected chi connectivity index (χ0v) is 8.25. The van der Waals surface area contributed by atoms with Crippen molar-refractivity contribution in [3.05, 3.63) is 27.1 Å². The van der Waals surface area contributed by atoms with Crippen LogP contribution in [0.15, 0.2) is 11.4 Å². The molecule has 0 saturated carbocycles. The summed E-state index contributed by atoms with van der Waals surface area (Å²) >= 11 is 1.16. The van der Waals surface area contributed by atoms with Crippen LogP contribution in [0.1, 0.15) is 11.6 Å². The molecule has 0 unspecified atom stereocenters. The highest BCUT2D eigenvalue weighted by Crippen LogP contribution is 2.27. The van der Waals surface area contributed by atoms with Crippen LogP contribution in [-0.2, 0) is 4.74 Å². The van der Waals surface area contributed by atoms with E-state index >= 15 is 0 Å². The summed E-state index contributed by atoms with van der Waals surface area (Å²) in [5, 5.41) is 15.7. The maximum absolute atomic E-state index is 10.5. The Kier molecular flexibility index (Phi) is 2.76. The average Bonchev–Trinajstić information content (AvgIpc) is 2.68. The molecule has 1 aliphatic heterocycles. The van der Waals surface area contributed by atoms with Crippen molar-refractivity contribution >= 4 is 16.3 Å². The summed E-state index contributed by atoms with van der Waals surface area (Å²) in [6.45, 7) is 2.10. The summed E-state index contributed by atoms with van der Waals surface area (Å²) in [5.41, 5.74) is 0.946. The minimum absolute atomic E-state index is 0.105. The van der Waals surface area contributed by atoms with Gasteiger partial charge in [-0.25, -0.2) is 0 Å². The Bertz CT molecular complexity index is 333. The summed E-state index contributed by atoms with van der Waals surface area (Å²) in [7, 11) is 0. The molecule has 76 valence electrons. The first kappa shape index (κ1) is 9.57. The van der Waals surface area contributed by atoms with Crippen molar-refractivity contribution in [3.8, 4) is 0 Å². The summed E-state index contributed by atoms with van der Waals surface area (Å²) in [6.07, 6.45) is 0. The van der Waals surface area contributed by atoms with Gasteiger partial charge >= 0.3 is 5.00 Å². The smallest absolute Gasteiger partial charge is 0.324 e. The van der Waals surface area contributed by atoms with Gasteiger partial charge in [0, 0.05) is 18.0 Å². The van der Waals surface area contributed by atoms with Gasteiger partial charge < -0.3 is 10.1 Å². The fourth-order valence-corrected chi connectivity index (χ4v) is 2.18. The lowest BCUT2D eigenvalue weighted by Crippen LogP contribution is -2.34. The first-order valence-electron chi connectivity index (χ1n) is 4.31. The first-order chi connectivity index (χ1) is 6.77. The number of thiophene rings is 1. The standard InChI is InChI=1S/C8H10N2O3S/c11-10(12)8-3-6(5-14-8)7-4-13-2-1-9-7/h3,5,7,9H,1-2,4H2/t7-/m0/s1. The first-order valence-corrected chi connectivity index (χ1v) is 5.19. The number of hydrogen-bond acceptors (Lipinski definition) is 5. The maximum atomic E-state index is 10.5. The van der Waals surface area contributed by atoms with E-state index in [2.05, 4.69) is 5.32 Å². The van der Waals surface area contributed by atoms with Crippen LogP contribution in [0.5, 0.6) is 0 Å². The van der Waals surface area contributed by atoms with E-state index in [-0.39, 0.29) is 16.0 Å². The number of nitrogens with one attached hydrogen (secondary N) is 1. The van der Waals surface area contributed by atoms with Crippen molar-refractivity contribution in [1.29, 1.82) is 0 Å². The Morgan fingerprint density at radius 2 is 2.57 bits per heavy atom. The van der Waals surface area contributed by atoms with E-state index in [9.17, 15) is 10.1 Å². The van der Waals surface area contributed by atoms with Crippen molar-refractivity contribution in [2.45, 2.75) is 6.04 Å². The number of ether oxygens (including phenoxy) is 1. The highest BCUT2D eigenvalue weighted by atomic mass is 32.1. The molecule has 0 bridgehead atoms. The van der Waals surface area contributed by atoms with Gasteiger partial charge in [-0.05, 0) is 5.56 Å². The van der Waals surface area contributed by atoms with Gasteiger partial charge in [0.2, 0.25) is 0 Å². The molecule has 1 aromatic rings. The number of rotatable bonds is 2. The number of hydrogen-bond donors (Lipinski definition) is 1. The van der Waals surface area contributed by atoms with Crippen LogP contribution < -0.4 is 5.32 Å². The van der Waals surface area contributed by atoms with Gasteiger partial charge in [0.25, 0.3) is 0 Å². The molecule has 0 aliphatic carbocycles. The minimum Gasteiger partial charge on any atom is -0.378 e. The third-order valence-corrected chi connectivity index (χ3v) is 3.01. The molecule has 0 radical (unpaired) electrons. The quantitative estimate of drug-likeness (QED) is 0.595. The number of nitrogens with zero attached hydrogens (tertiary/aromatic N) is 1. The number of morpholine rings is 1. The Balaban J connectivity index is 2.11. The fourth-order valence-electron chi connectivity index (χ4n) is 1.40. The van der Waals surface area contributed by atoms with Gasteiger partial charge in [-0.15, -0.1) is 0 Å². The molecule has 1 aromatic heterocycles. The van der Waals surface area contributed by atoms with Crippen LogP contribution in [0.3, 0.4) is 0 Å². The van der Waals surface area contributed by atoms with Crippen molar-refractivity contribution in [3.63, 3.8) is 0 Å². The van der Waals surface area contributed by atoms with Gasteiger partial charge in [0.15, 0.2) is 0 Å². The second-order valence-corrected chi connectivity index (χ2v) is 3.95. The Hall–Kier alpha value is -0.980. The summed E-state index contributed by atoms with van der Waals surface area (Å²) < 4.78 is 5.28. The Morgan fingerprint density at radius 1 is 1.71 bits per heavy atom. The third kappa shape index (κ3) is 1.92. The van der Waals surface area contributed by atoms with Gasteiger partial charge in [-0.1, -0.05) is 11.3 Å². The van der Waals surface area contributed by atoms with Crippen molar-refractivity contribution in [2.75, 3.05) is 19.8 Å². The molecule has 1 aliphatic rings. The molecule has 1 fully saturated rings. The van der Waals surface area contributed by atoms with Gasteiger partial charge in [-0.2, -0.15) is 0 Å². The lowest BCUT2D eigenvalue weighted by Gasteiger charge is -2.22. The highest BCUT2D eigenvalue weighted by Gasteiger charge is 2.19. The normalized spacial score (nSPS) is 22.1. The molecule has 0 spiro atoms. The Labute approximate surface area is 84.8 Å². The molecular weight excluding hydrogens is 204 g/mol. The molecule has 14 heavy (non-hydrogen) atoms. The monoisotopic (exact) mass is 214 g/mol. The van der Waals surface area contributed by atoms with Crippen LogP contribution in [0, 0.1) is 10.1 Å². The predicted octanol–water partition coefficient (Wildman–Crippen LogP) is 1.32. The molecule has 5 nitrogen and oxygen atoms in total. The molecule has 0 aromatic carbocycles. The molecule has 1 N–H and O–H groups in total. The molecule has 1 atom stereocenters. The van der Waals surface area contributed by atoms with Gasteiger partial charge in [0.05, 0.1) is 24.2 Å². The van der Waals surface area contributed by atoms with E-state index in [1.807, 2.05) is 5.38 Å². The molecule has 1 saturated heterocycles. The second-order valence-electron chi connectivity index (χ2n) is 3.06. The van der Waals surface area contributed by atoms with E-state index in [0.29, 0.717) is 13.2 Å². The SMILES string of the molecule is O=[N+]([O-])c1cc([C@@H]2COCCN2)cs1. The van der Waals surface area contributed by atoms with E-state index < -0.39 is 0 Å². The second kappa shape index (κ2) is 4.04. The van der Waals surface area contributed by atoms with Crippen LogP contribution in [0.2, 0.25) is 0 Å². The van der Waals surface area contributed by atoms with Crippen LogP contribution in [0.25, 0.3) is 0 Å². The van der Waals surface area contributed by atoms with Crippen LogP contribution in [0.4, 0.5) is 5.00 Å². The average molecular weight is 214 g/mol. The summed E-state index contributed by atoms with van der Waals surface area (Å²) in [5.74, 6) is 0. The molecule has 2 rings (SSSR count). The minimum atomic E-state index is -0.363. The van der Waals surface area contributed by atoms with Crippen LogP contribution in [-0.4, -0.2) is 24.7 Å². The zero-order chi connectivity index (χ0) is 9.97. The van der Waals surface area contributed by atoms with Gasteiger partial charge in [0.1, 0.15) is 0 Å². The molecule has 0 amide bonds. The molecular formula is C8H10N2O3S. The lowest BCUT2D eigenvalue weighted by atomic mass is 10.1. The maximum Gasteiger partial charge on any atom is 0.324 e. The van der Waals surface area contributed by atoms with Crippen molar-refractivity contribution < 1.29 is 9.66 Å². The van der Waals surface area contributed by atoms with E-state index in [1.165, 1.54) is 0 Å². The van der Waals surface area contributed by atoms with E-state index in [4.69, 9.17) is 4.74 Å². The lowest BCUT2D eigenvalue weighted by molar-refractivity contribution is -0.380. The third-order valence-electron chi connectivity index (χ3n) is 2.11. The van der Waals surface area contributed by atoms with Crippen molar-refractivity contribution in [2.24, 2.45) is 0 Å². The summed E-state index contributed by atoms with van der Waals surface area (Å²) in [4.78, 5) is 10.1. The molecule has 2 heterocycles. The fraction of sp³-hybridized carbons (Fsp3) is 0.500. The molecule has 6 heteroatoms. The number of nitro groups is 1. The predicted molar refractivity (Wildman–Crippen MR) is 52.5 cm³/mol. The van der Waals surface area contributed by atoms with E-state index in [0.717, 1.165) is 23.4 Å². The summed E-state index contributed by atoms with van der Waals surface area (Å²) in [6, 6.07) is 1.71. The highest BCUT2D eigenvalue weighted by molar-refractivity contribution is 7.13. The zero-order valence-electron chi connectivity index (χ0n) is 7.43. The van der Waals surface area contributed by atoms with E-state index in [1.54, 1.807) is 6.07 Å². The largest absolute Gasteiger partial charge is 0.378 e. The Morgan fingerprint density at radius 3 is 3.14 bits per heavy atom. The van der Waals surface area contributed by atoms with Gasteiger partial charge in [-0.3, -0.25) is 10.1 Å². The van der Waals surface area contributed by atoms with Crippen LogP contribution >= 0.6 is 11.3 Å². The topological polar surface area (TPSA) is 64.4 Å².